The van der Waals surface area contributed by atoms with E-state index in [0.29, 0.717) is 36.2 Å². The molecule has 29 heavy (non-hydrogen) atoms. The number of pyridine rings is 1. The van der Waals surface area contributed by atoms with E-state index < -0.39 is 0 Å². The fourth-order valence-electron chi connectivity index (χ4n) is 3.42. The van der Waals surface area contributed by atoms with E-state index >= 15 is 0 Å². The maximum absolute atomic E-state index is 13.4. The van der Waals surface area contributed by atoms with Crippen LogP contribution in [0.1, 0.15) is 15.4 Å². The van der Waals surface area contributed by atoms with E-state index in [1.54, 1.807) is 34.4 Å². The minimum Gasteiger partial charge on any atom is -0.396 e. The largest absolute Gasteiger partial charge is 0.396 e. The van der Waals surface area contributed by atoms with E-state index in [1.807, 2.05) is 20.0 Å². The fourth-order valence-corrected chi connectivity index (χ4v) is 4.32. The average Bonchev–Trinajstić information content (AvgIpc) is 3.05. The van der Waals surface area contributed by atoms with Crippen molar-refractivity contribution in [3.05, 3.63) is 57.8 Å². The van der Waals surface area contributed by atoms with Crippen molar-refractivity contribution in [3.63, 3.8) is 0 Å². The molecule has 2 aromatic heterocycles. The summed E-state index contributed by atoms with van der Waals surface area (Å²) in [7, 11) is 0. The van der Waals surface area contributed by atoms with Crippen LogP contribution in [0.5, 0.6) is 0 Å². The Morgan fingerprint density at radius 1 is 1.31 bits per heavy atom. The predicted molar refractivity (Wildman–Crippen MR) is 113 cm³/mol. The predicted octanol–water partition coefficient (Wildman–Crippen LogP) is 4.25. The highest BCUT2D eigenvalue weighted by atomic mass is 32.1. The molecule has 1 aliphatic rings. The maximum Gasteiger partial charge on any atom is 0.323 e. The highest BCUT2D eigenvalue weighted by Gasteiger charge is 2.31. The molecule has 1 fully saturated rings. The Morgan fingerprint density at radius 3 is 2.79 bits per heavy atom. The Labute approximate surface area is 172 Å². The van der Waals surface area contributed by atoms with E-state index in [2.05, 4.69) is 15.3 Å². The molecule has 0 radical (unpaired) electrons. The molecular weight excluding hydrogens is 389 g/mol. The van der Waals surface area contributed by atoms with E-state index in [0.717, 1.165) is 22.6 Å². The number of nitrogens with one attached hydrogen (secondary N) is 1. The molecular formula is C21H22FN5OS. The van der Waals surface area contributed by atoms with Gasteiger partial charge in [0.2, 0.25) is 0 Å². The van der Waals surface area contributed by atoms with Crippen molar-refractivity contribution in [3.8, 4) is 11.3 Å². The third-order valence-corrected chi connectivity index (χ3v) is 5.93. The minimum atomic E-state index is -0.296. The number of carbonyl (C=O) groups is 1. The van der Waals surface area contributed by atoms with Crippen LogP contribution in [0.15, 0.2) is 36.5 Å². The first kappa shape index (κ1) is 19.3. The number of aromatic nitrogens is 2. The highest BCUT2D eigenvalue weighted by Crippen LogP contribution is 2.28. The van der Waals surface area contributed by atoms with E-state index in [4.69, 9.17) is 5.73 Å². The van der Waals surface area contributed by atoms with Crippen LogP contribution in [-0.2, 0) is 6.42 Å². The third-order valence-electron chi connectivity index (χ3n) is 4.99. The van der Waals surface area contributed by atoms with Gasteiger partial charge in [0.05, 0.1) is 16.4 Å². The number of hydrogen-bond acceptors (Lipinski definition) is 5. The fraction of sp³-hybridized carbons (Fsp3) is 0.286. The van der Waals surface area contributed by atoms with Crippen LogP contribution >= 0.6 is 11.3 Å². The van der Waals surface area contributed by atoms with Gasteiger partial charge in [0.15, 0.2) is 5.82 Å². The topological polar surface area (TPSA) is 84.1 Å². The summed E-state index contributed by atoms with van der Waals surface area (Å²) in [5.74, 6) is 0.440. The number of nitrogens with two attached hydrogens (primary N) is 1. The molecule has 0 bridgehead atoms. The lowest BCUT2D eigenvalue weighted by Crippen LogP contribution is -2.52. The Hall–Kier alpha value is -3.00. The Bertz CT molecular complexity index is 1060. The first-order valence-electron chi connectivity index (χ1n) is 9.39. The van der Waals surface area contributed by atoms with Crippen molar-refractivity contribution < 1.29 is 9.18 Å². The molecule has 8 heteroatoms. The molecule has 2 amide bonds. The SMILES string of the molecule is Cc1cnc(CC2CN(C(=O)Nc3nc(-c4ccc(F)cc4C)ccc3N)C2)s1. The molecule has 0 saturated carbocycles. The van der Waals surface area contributed by atoms with Gasteiger partial charge in [-0.3, -0.25) is 5.32 Å². The first-order valence-corrected chi connectivity index (χ1v) is 10.2. The summed E-state index contributed by atoms with van der Waals surface area (Å²) in [5.41, 5.74) is 8.59. The minimum absolute atomic E-state index is 0.219. The molecule has 3 heterocycles. The molecule has 0 unspecified atom stereocenters. The molecule has 3 N–H and O–H groups in total. The number of amides is 2. The second-order valence-electron chi connectivity index (χ2n) is 7.36. The lowest BCUT2D eigenvalue weighted by Gasteiger charge is -2.38. The van der Waals surface area contributed by atoms with Crippen LogP contribution in [0, 0.1) is 25.6 Å². The molecule has 6 nitrogen and oxygen atoms in total. The van der Waals surface area contributed by atoms with Gasteiger partial charge in [-0.1, -0.05) is 0 Å². The molecule has 4 rings (SSSR count). The third kappa shape index (κ3) is 4.22. The number of nitrogens with zero attached hydrogens (tertiary/aromatic N) is 3. The highest BCUT2D eigenvalue weighted by molar-refractivity contribution is 7.11. The Kier molecular flexibility index (Phi) is 5.19. The van der Waals surface area contributed by atoms with Gasteiger partial charge >= 0.3 is 6.03 Å². The van der Waals surface area contributed by atoms with Crippen molar-refractivity contribution in [2.75, 3.05) is 24.1 Å². The van der Waals surface area contributed by atoms with E-state index in [9.17, 15) is 9.18 Å². The van der Waals surface area contributed by atoms with E-state index in [-0.39, 0.29) is 11.8 Å². The van der Waals surface area contributed by atoms with Crippen molar-refractivity contribution >= 4 is 28.9 Å². The number of carbonyl (C=O) groups excluding carboxylic acids is 1. The standard InChI is InChI=1S/C21H22FN5OS/c1-12-7-15(22)3-4-16(12)18-6-5-17(23)20(25-18)26-21(28)27-10-14(11-27)8-19-24-9-13(2)29-19/h3-7,9,14H,8,10-11,23H2,1-2H3,(H,25,26,28). The van der Waals surface area contributed by atoms with Gasteiger partial charge in [-0.25, -0.2) is 19.2 Å². The van der Waals surface area contributed by atoms with Gasteiger partial charge < -0.3 is 10.6 Å². The molecule has 1 aromatic carbocycles. The van der Waals surface area contributed by atoms with Gasteiger partial charge in [0.25, 0.3) is 0 Å². The van der Waals surface area contributed by atoms with Gasteiger partial charge in [0.1, 0.15) is 5.82 Å². The van der Waals surface area contributed by atoms with Crippen LogP contribution in [-0.4, -0.2) is 34.0 Å². The summed E-state index contributed by atoms with van der Waals surface area (Å²) in [6.07, 6.45) is 2.77. The summed E-state index contributed by atoms with van der Waals surface area (Å²) in [5, 5.41) is 3.92. The van der Waals surface area contributed by atoms with Gasteiger partial charge in [0, 0.05) is 42.1 Å². The Morgan fingerprint density at radius 2 is 2.10 bits per heavy atom. The lowest BCUT2D eigenvalue weighted by molar-refractivity contribution is 0.131. The number of thiazole rings is 1. The quantitative estimate of drug-likeness (QED) is 0.672. The number of likely N-dealkylation sites (tertiary alicyclic amines) is 1. The summed E-state index contributed by atoms with van der Waals surface area (Å²) in [6, 6.07) is 7.77. The van der Waals surface area contributed by atoms with Crippen molar-refractivity contribution in [2.45, 2.75) is 20.3 Å². The number of nitrogen functional groups attached to an aromatic ring is 1. The summed E-state index contributed by atoms with van der Waals surface area (Å²) < 4.78 is 13.4. The molecule has 0 atom stereocenters. The summed E-state index contributed by atoms with van der Waals surface area (Å²) in [4.78, 5) is 24.4. The Balaban J connectivity index is 1.41. The number of urea groups is 1. The molecule has 0 spiro atoms. The molecule has 150 valence electrons. The molecule has 3 aromatic rings. The molecule has 0 aliphatic carbocycles. The van der Waals surface area contributed by atoms with Crippen LogP contribution in [0.2, 0.25) is 0 Å². The van der Waals surface area contributed by atoms with Crippen molar-refractivity contribution in [2.24, 2.45) is 5.92 Å². The van der Waals surface area contributed by atoms with Crippen LogP contribution in [0.25, 0.3) is 11.3 Å². The van der Waals surface area contributed by atoms with Crippen LogP contribution in [0.3, 0.4) is 0 Å². The smallest absolute Gasteiger partial charge is 0.323 e. The number of rotatable bonds is 4. The number of hydrogen-bond donors (Lipinski definition) is 2. The second kappa shape index (κ2) is 7.79. The maximum atomic E-state index is 13.4. The average molecular weight is 412 g/mol. The van der Waals surface area contributed by atoms with Gasteiger partial charge in [-0.2, -0.15) is 0 Å². The number of halogens is 1. The number of anilines is 2. The van der Waals surface area contributed by atoms with Gasteiger partial charge in [-0.05, 0) is 49.7 Å². The van der Waals surface area contributed by atoms with Gasteiger partial charge in [-0.15, -0.1) is 11.3 Å². The van der Waals surface area contributed by atoms with Crippen molar-refractivity contribution in [1.29, 1.82) is 0 Å². The molecule has 1 saturated heterocycles. The first-order chi connectivity index (χ1) is 13.9. The molecule has 1 aliphatic heterocycles. The number of aryl methyl sites for hydroxylation is 2. The van der Waals surface area contributed by atoms with Crippen LogP contribution in [0.4, 0.5) is 20.7 Å². The van der Waals surface area contributed by atoms with Crippen molar-refractivity contribution in [1.82, 2.24) is 14.9 Å². The zero-order valence-electron chi connectivity index (χ0n) is 16.3. The second-order valence-corrected chi connectivity index (χ2v) is 8.68. The normalized spacial score (nSPS) is 14.0. The lowest BCUT2D eigenvalue weighted by atomic mass is 9.97. The summed E-state index contributed by atoms with van der Waals surface area (Å²) >= 11 is 1.70. The zero-order valence-corrected chi connectivity index (χ0v) is 17.1. The zero-order chi connectivity index (χ0) is 20.5. The number of benzene rings is 1. The summed E-state index contributed by atoms with van der Waals surface area (Å²) in [6.45, 7) is 5.22. The van der Waals surface area contributed by atoms with E-state index in [1.165, 1.54) is 17.0 Å². The monoisotopic (exact) mass is 411 g/mol. The van der Waals surface area contributed by atoms with Crippen LogP contribution < -0.4 is 11.1 Å².